The van der Waals surface area contributed by atoms with Gasteiger partial charge in [0.05, 0.1) is 18.3 Å². The van der Waals surface area contributed by atoms with Crippen LogP contribution in [0.1, 0.15) is 17.4 Å². The van der Waals surface area contributed by atoms with Gasteiger partial charge in [0, 0.05) is 0 Å². The van der Waals surface area contributed by atoms with Crippen LogP contribution < -0.4 is 10.5 Å². The lowest BCUT2D eigenvalue weighted by Gasteiger charge is -2.05. The quantitative estimate of drug-likeness (QED) is 0.765. The lowest BCUT2D eigenvalue weighted by Crippen LogP contribution is -2.14. The minimum absolute atomic E-state index is 0. The molecular weight excluding hydrogens is 360 g/mol. The molecule has 2 aromatic heterocycles. The Morgan fingerprint density at radius 3 is 2.76 bits per heavy atom. The summed E-state index contributed by atoms with van der Waals surface area (Å²) in [7, 11) is -3.84. The van der Waals surface area contributed by atoms with Crippen LogP contribution in [0, 0.1) is 0 Å². The first-order valence-corrected chi connectivity index (χ1v) is 8.46. The van der Waals surface area contributed by atoms with E-state index in [1.54, 1.807) is 6.92 Å². The lowest BCUT2D eigenvalue weighted by atomic mass is 10.5. The van der Waals surface area contributed by atoms with Gasteiger partial charge in [0.15, 0.2) is 15.0 Å². The van der Waals surface area contributed by atoms with Gasteiger partial charge in [0.1, 0.15) is 5.00 Å². The first kappa shape index (κ1) is 17.6. The molecule has 21 heavy (non-hydrogen) atoms. The molecular formula is C9H11ClN4O4S3. The fourth-order valence-corrected chi connectivity index (χ4v) is 4.13. The van der Waals surface area contributed by atoms with Crippen LogP contribution in [0.4, 0.5) is 10.1 Å². The van der Waals surface area contributed by atoms with Crippen molar-refractivity contribution in [3.8, 4) is 0 Å². The third kappa shape index (κ3) is 4.03. The van der Waals surface area contributed by atoms with Crippen molar-refractivity contribution in [2.24, 2.45) is 0 Å². The van der Waals surface area contributed by atoms with Crippen LogP contribution >= 0.6 is 35.1 Å². The average molecular weight is 371 g/mol. The number of ether oxygens (including phenoxy) is 1. The molecule has 0 aliphatic rings. The van der Waals surface area contributed by atoms with E-state index in [9.17, 15) is 13.2 Å². The molecule has 0 aromatic carbocycles. The minimum atomic E-state index is -3.84. The Labute approximate surface area is 134 Å². The first-order chi connectivity index (χ1) is 9.44. The number of carbonyl (C=O) groups excluding carboxylic acids is 1. The first-order valence-electron chi connectivity index (χ1n) is 5.28. The molecule has 3 N–H and O–H groups in total. The van der Waals surface area contributed by atoms with Crippen LogP contribution in [0.15, 0.2) is 15.9 Å². The zero-order valence-corrected chi connectivity index (χ0v) is 13.9. The number of aromatic nitrogens is 2. The second kappa shape index (κ2) is 7.02. The summed E-state index contributed by atoms with van der Waals surface area (Å²) in [5.41, 5.74) is 6.68. The Morgan fingerprint density at radius 2 is 2.19 bits per heavy atom. The van der Waals surface area contributed by atoms with Crippen molar-refractivity contribution in [2.75, 3.05) is 17.1 Å². The molecule has 0 bridgehead atoms. The molecule has 0 radical (unpaired) electrons. The number of nitrogens with two attached hydrogens (primary N) is 1. The van der Waals surface area contributed by atoms with Gasteiger partial charge in [-0.2, -0.15) is 0 Å². The second-order valence-electron chi connectivity index (χ2n) is 3.37. The van der Waals surface area contributed by atoms with Crippen molar-refractivity contribution >= 4 is 61.2 Å². The summed E-state index contributed by atoms with van der Waals surface area (Å²) in [4.78, 5) is 19.1. The number of thiazole rings is 2. The molecule has 0 spiro atoms. The Bertz CT molecular complexity index is 727. The molecule has 0 saturated carbocycles. The normalized spacial score (nSPS) is 10.7. The van der Waals surface area contributed by atoms with Crippen LogP contribution in [0.5, 0.6) is 0 Å². The predicted octanol–water partition coefficient (Wildman–Crippen LogP) is 1.58. The standard InChI is InChI=1S/C9H10N4O4S3.ClH/c1-2-17-8(14)6-7(18-4-12-6)13-20(15,16)5-3-11-9(10)19-5;/h3-4,13H,2H2,1H3,(H2,10,11);1H. The van der Waals surface area contributed by atoms with E-state index in [0.717, 1.165) is 28.9 Å². The highest BCUT2D eigenvalue weighted by Gasteiger charge is 2.23. The molecule has 8 nitrogen and oxygen atoms in total. The number of nitrogen functional groups attached to an aromatic ring is 1. The fourth-order valence-electron chi connectivity index (χ4n) is 1.23. The van der Waals surface area contributed by atoms with Crippen LogP contribution in [0.25, 0.3) is 0 Å². The maximum Gasteiger partial charge on any atom is 0.360 e. The summed E-state index contributed by atoms with van der Waals surface area (Å²) in [6, 6.07) is 0. The van der Waals surface area contributed by atoms with E-state index in [4.69, 9.17) is 10.5 Å². The number of anilines is 2. The SMILES string of the molecule is CCOC(=O)c1ncsc1NS(=O)(=O)c1cnc(N)s1.Cl. The van der Waals surface area contributed by atoms with E-state index in [0.29, 0.717) is 0 Å². The third-order valence-electron chi connectivity index (χ3n) is 2.03. The van der Waals surface area contributed by atoms with E-state index < -0.39 is 16.0 Å². The number of carbonyl (C=O) groups is 1. The van der Waals surface area contributed by atoms with Gasteiger partial charge in [0.2, 0.25) is 0 Å². The van der Waals surface area contributed by atoms with E-state index in [1.807, 2.05) is 0 Å². The summed E-state index contributed by atoms with van der Waals surface area (Å²) in [5, 5.41) is 0.232. The summed E-state index contributed by atoms with van der Waals surface area (Å²) in [5.74, 6) is -0.685. The van der Waals surface area contributed by atoms with Crippen LogP contribution in [-0.4, -0.2) is 31.0 Å². The molecule has 116 valence electrons. The van der Waals surface area contributed by atoms with Crippen molar-refractivity contribution in [1.29, 1.82) is 0 Å². The zero-order chi connectivity index (χ0) is 14.8. The number of sulfonamides is 1. The Kier molecular flexibility index (Phi) is 5.89. The van der Waals surface area contributed by atoms with E-state index in [2.05, 4.69) is 14.7 Å². The van der Waals surface area contributed by atoms with Gasteiger partial charge in [-0.3, -0.25) is 4.72 Å². The van der Waals surface area contributed by atoms with Gasteiger partial charge < -0.3 is 10.5 Å². The largest absolute Gasteiger partial charge is 0.461 e. The third-order valence-corrected chi connectivity index (χ3v) is 5.54. The van der Waals surface area contributed by atoms with E-state index >= 15 is 0 Å². The van der Waals surface area contributed by atoms with Crippen LogP contribution in [0.2, 0.25) is 0 Å². The molecule has 2 rings (SSSR count). The van der Waals surface area contributed by atoms with Crippen molar-refractivity contribution < 1.29 is 17.9 Å². The number of rotatable bonds is 5. The van der Waals surface area contributed by atoms with Crippen molar-refractivity contribution in [3.05, 3.63) is 17.4 Å². The number of esters is 1. The van der Waals surface area contributed by atoms with Gasteiger partial charge in [0.25, 0.3) is 10.0 Å². The minimum Gasteiger partial charge on any atom is -0.461 e. The maximum absolute atomic E-state index is 12.1. The van der Waals surface area contributed by atoms with Crippen LogP contribution in [-0.2, 0) is 14.8 Å². The molecule has 2 aromatic rings. The molecule has 0 amide bonds. The highest BCUT2D eigenvalue weighted by molar-refractivity contribution is 7.95. The summed E-state index contributed by atoms with van der Waals surface area (Å²) < 4.78 is 31.2. The Hall–Kier alpha value is -1.43. The monoisotopic (exact) mass is 370 g/mol. The molecule has 2 heterocycles. The smallest absolute Gasteiger partial charge is 0.360 e. The molecule has 0 aliphatic carbocycles. The average Bonchev–Trinajstić information content (AvgIpc) is 2.98. The summed E-state index contributed by atoms with van der Waals surface area (Å²) >= 11 is 1.81. The van der Waals surface area contributed by atoms with Gasteiger partial charge in [-0.25, -0.2) is 23.2 Å². The topological polar surface area (TPSA) is 124 Å². The highest BCUT2D eigenvalue weighted by Crippen LogP contribution is 2.27. The van der Waals surface area contributed by atoms with Crippen molar-refractivity contribution in [2.45, 2.75) is 11.1 Å². The zero-order valence-electron chi connectivity index (χ0n) is 10.6. The number of hydrogen-bond acceptors (Lipinski definition) is 9. The van der Waals surface area contributed by atoms with Crippen LogP contribution in [0.3, 0.4) is 0 Å². The number of hydrogen-bond donors (Lipinski definition) is 2. The van der Waals surface area contributed by atoms with Crippen molar-refractivity contribution in [3.63, 3.8) is 0 Å². The Balaban J connectivity index is 0.00000220. The van der Waals surface area contributed by atoms with Crippen molar-refractivity contribution in [1.82, 2.24) is 9.97 Å². The fraction of sp³-hybridized carbons (Fsp3) is 0.222. The predicted molar refractivity (Wildman–Crippen MR) is 82.7 cm³/mol. The molecule has 0 atom stereocenters. The number of halogens is 1. The molecule has 0 unspecified atom stereocenters. The summed E-state index contributed by atoms with van der Waals surface area (Å²) in [6.07, 6.45) is 1.15. The van der Waals surface area contributed by atoms with Gasteiger partial charge >= 0.3 is 5.97 Å². The number of nitrogens with one attached hydrogen (secondary N) is 1. The van der Waals surface area contributed by atoms with Gasteiger partial charge in [-0.15, -0.1) is 23.7 Å². The molecule has 0 fully saturated rings. The lowest BCUT2D eigenvalue weighted by molar-refractivity contribution is 0.0521. The van der Waals surface area contributed by atoms with Gasteiger partial charge in [-0.05, 0) is 6.92 Å². The maximum atomic E-state index is 12.1. The van der Waals surface area contributed by atoms with E-state index in [1.165, 1.54) is 5.51 Å². The Morgan fingerprint density at radius 1 is 1.48 bits per heavy atom. The van der Waals surface area contributed by atoms with E-state index in [-0.39, 0.29) is 39.0 Å². The van der Waals surface area contributed by atoms with Gasteiger partial charge in [-0.1, -0.05) is 11.3 Å². The molecule has 12 heteroatoms. The highest BCUT2D eigenvalue weighted by atomic mass is 35.5. The number of nitrogens with zero attached hydrogens (tertiary/aromatic N) is 2. The summed E-state index contributed by atoms with van der Waals surface area (Å²) in [6.45, 7) is 1.82. The molecule has 0 saturated heterocycles. The second-order valence-corrected chi connectivity index (χ2v) is 7.20. The molecule has 0 aliphatic heterocycles.